The molecule has 0 unspecified atom stereocenters. The molecule has 0 saturated heterocycles. The summed E-state index contributed by atoms with van der Waals surface area (Å²) in [5, 5.41) is 14.4. The molecule has 0 aliphatic heterocycles. The minimum Gasteiger partial charge on any atom is -0.478 e. The molecule has 200 valence electrons. The molecule has 0 saturated carbocycles. The van der Waals surface area contributed by atoms with Crippen molar-refractivity contribution in [2.75, 3.05) is 0 Å². The second kappa shape index (κ2) is 12.6. The van der Waals surface area contributed by atoms with Crippen LogP contribution in [0.5, 0.6) is 0 Å². The van der Waals surface area contributed by atoms with Gasteiger partial charge in [0.2, 0.25) is 0 Å². The van der Waals surface area contributed by atoms with E-state index in [1.807, 2.05) is 38.1 Å². The van der Waals surface area contributed by atoms with Gasteiger partial charge in [-0.15, -0.1) is 0 Å². The van der Waals surface area contributed by atoms with E-state index in [0.29, 0.717) is 5.56 Å². The van der Waals surface area contributed by atoms with Crippen LogP contribution in [0.1, 0.15) is 57.7 Å². The number of hydrogen-bond acceptors (Lipinski definition) is 2. The molecule has 0 atom stereocenters. The molecule has 0 spiro atoms. The Morgan fingerprint density at radius 3 is 2.08 bits per heavy atom. The van der Waals surface area contributed by atoms with Crippen molar-refractivity contribution >= 4 is 16.9 Å². The van der Waals surface area contributed by atoms with Crippen molar-refractivity contribution in [1.29, 1.82) is 0 Å². The molecular formula is C35H38N2O2. The number of nitrogens with one attached hydrogen (secondary N) is 1. The molecule has 0 fully saturated rings. The number of aromatic nitrogens is 1. The van der Waals surface area contributed by atoms with Gasteiger partial charge in [0.25, 0.3) is 0 Å². The lowest BCUT2D eigenvalue weighted by molar-refractivity contribution is 0.0697. The fourth-order valence-electron chi connectivity index (χ4n) is 4.96. The molecule has 1 heterocycles. The highest BCUT2D eigenvalue weighted by Crippen LogP contribution is 2.29. The molecule has 4 heteroatoms. The number of carbonyl (C=O) groups is 1. The summed E-state index contributed by atoms with van der Waals surface area (Å²) in [6, 6.07) is 30.8. The third-order valence-corrected chi connectivity index (χ3v) is 7.25. The van der Waals surface area contributed by atoms with Crippen LogP contribution >= 0.6 is 0 Å². The Balaban J connectivity index is 0.00000172. The summed E-state index contributed by atoms with van der Waals surface area (Å²) in [7, 11) is 0. The summed E-state index contributed by atoms with van der Waals surface area (Å²) in [4.78, 5) is 11.6. The molecule has 4 nitrogen and oxygen atoms in total. The van der Waals surface area contributed by atoms with Gasteiger partial charge in [0.15, 0.2) is 0 Å². The van der Waals surface area contributed by atoms with E-state index in [9.17, 15) is 9.90 Å². The van der Waals surface area contributed by atoms with Gasteiger partial charge < -0.3 is 15.0 Å². The molecule has 0 aliphatic rings. The Hall–Kier alpha value is -4.15. The van der Waals surface area contributed by atoms with Crippen LogP contribution in [0.25, 0.3) is 22.0 Å². The third kappa shape index (κ3) is 6.30. The maximum Gasteiger partial charge on any atom is 0.336 e. The number of aromatic carboxylic acids is 1. The van der Waals surface area contributed by atoms with Crippen LogP contribution < -0.4 is 5.32 Å². The van der Waals surface area contributed by atoms with Crippen LogP contribution in [-0.2, 0) is 19.6 Å². The number of aryl methyl sites for hydroxylation is 2. The zero-order valence-corrected chi connectivity index (χ0v) is 23.6. The lowest BCUT2D eigenvalue weighted by Gasteiger charge is -2.11. The van der Waals surface area contributed by atoms with Gasteiger partial charge in [-0.3, -0.25) is 0 Å². The Morgan fingerprint density at radius 2 is 1.38 bits per heavy atom. The average Bonchev–Trinajstić information content (AvgIpc) is 3.20. The van der Waals surface area contributed by atoms with E-state index in [0.717, 1.165) is 30.8 Å². The van der Waals surface area contributed by atoms with Gasteiger partial charge in [0, 0.05) is 36.2 Å². The standard InChI is InChI=1S/C33H32N2O2.C2H6/c1-22-8-10-25(11-9-22)19-34-20-27-14-17-32-31(18-27)23(2)24(3)35(32)21-26-12-15-28(16-13-26)29-6-4-5-7-30(29)33(36)37;1-2/h4-18,34H,19-21H2,1-3H3,(H,36,37);1-2H3. The molecule has 1 aromatic heterocycles. The smallest absolute Gasteiger partial charge is 0.336 e. The van der Waals surface area contributed by atoms with E-state index in [1.54, 1.807) is 12.1 Å². The lowest BCUT2D eigenvalue weighted by Crippen LogP contribution is -2.12. The fourth-order valence-corrected chi connectivity index (χ4v) is 4.96. The van der Waals surface area contributed by atoms with Crippen molar-refractivity contribution in [3.8, 4) is 11.1 Å². The zero-order valence-electron chi connectivity index (χ0n) is 23.6. The quantitative estimate of drug-likeness (QED) is 0.217. The Bertz CT molecular complexity index is 1560. The predicted octanol–water partition coefficient (Wildman–Crippen LogP) is 8.30. The first kappa shape index (κ1) is 27.9. The number of benzene rings is 4. The van der Waals surface area contributed by atoms with E-state index in [1.165, 1.54) is 44.4 Å². The van der Waals surface area contributed by atoms with Crippen molar-refractivity contribution in [2.24, 2.45) is 0 Å². The SMILES string of the molecule is CC.Cc1ccc(CNCc2ccc3c(c2)c(C)c(C)n3Cc2ccc(-c3ccccc3C(=O)O)cc2)cc1. The first-order valence-electron chi connectivity index (χ1n) is 13.7. The Morgan fingerprint density at radius 1 is 0.769 bits per heavy atom. The third-order valence-electron chi connectivity index (χ3n) is 7.25. The number of fused-ring (bicyclic) bond motifs is 1. The zero-order chi connectivity index (χ0) is 27.9. The minimum atomic E-state index is -0.908. The molecule has 0 bridgehead atoms. The molecule has 0 aliphatic carbocycles. The monoisotopic (exact) mass is 518 g/mol. The van der Waals surface area contributed by atoms with Crippen LogP contribution in [0.4, 0.5) is 0 Å². The average molecular weight is 519 g/mol. The molecular weight excluding hydrogens is 480 g/mol. The van der Waals surface area contributed by atoms with E-state index in [2.05, 4.69) is 85.3 Å². The van der Waals surface area contributed by atoms with E-state index >= 15 is 0 Å². The maximum absolute atomic E-state index is 11.6. The number of nitrogens with zero attached hydrogens (tertiary/aromatic N) is 1. The summed E-state index contributed by atoms with van der Waals surface area (Å²) in [6.07, 6.45) is 0. The highest BCUT2D eigenvalue weighted by atomic mass is 16.4. The van der Waals surface area contributed by atoms with Gasteiger partial charge in [-0.1, -0.05) is 92.2 Å². The minimum absolute atomic E-state index is 0.322. The van der Waals surface area contributed by atoms with Gasteiger partial charge in [-0.05, 0) is 72.4 Å². The largest absolute Gasteiger partial charge is 0.478 e. The summed E-state index contributed by atoms with van der Waals surface area (Å²) in [5.41, 5.74) is 10.8. The van der Waals surface area contributed by atoms with E-state index in [4.69, 9.17) is 0 Å². The fraction of sp³-hybridized carbons (Fsp3) is 0.229. The van der Waals surface area contributed by atoms with Crippen molar-refractivity contribution in [1.82, 2.24) is 9.88 Å². The van der Waals surface area contributed by atoms with E-state index in [-0.39, 0.29) is 0 Å². The van der Waals surface area contributed by atoms with Gasteiger partial charge in [-0.2, -0.15) is 0 Å². The molecule has 5 aromatic rings. The van der Waals surface area contributed by atoms with Gasteiger partial charge in [0.05, 0.1) is 5.56 Å². The number of rotatable bonds is 8. The van der Waals surface area contributed by atoms with Crippen molar-refractivity contribution in [3.05, 3.63) is 130 Å². The molecule has 0 radical (unpaired) electrons. The van der Waals surface area contributed by atoms with E-state index < -0.39 is 5.97 Å². The highest BCUT2D eigenvalue weighted by Gasteiger charge is 2.13. The molecule has 4 aromatic carbocycles. The summed E-state index contributed by atoms with van der Waals surface area (Å²) in [5.74, 6) is -0.908. The van der Waals surface area contributed by atoms with Gasteiger partial charge in [-0.25, -0.2) is 4.79 Å². The summed E-state index contributed by atoms with van der Waals surface area (Å²) < 4.78 is 2.37. The van der Waals surface area contributed by atoms with Crippen LogP contribution in [0, 0.1) is 20.8 Å². The van der Waals surface area contributed by atoms with Gasteiger partial charge in [0.1, 0.15) is 0 Å². The van der Waals surface area contributed by atoms with Crippen molar-refractivity contribution in [2.45, 2.75) is 54.3 Å². The van der Waals surface area contributed by atoms with Gasteiger partial charge >= 0.3 is 5.97 Å². The molecule has 2 N–H and O–H groups in total. The Kier molecular flexibility index (Phi) is 9.00. The molecule has 5 rings (SSSR count). The normalized spacial score (nSPS) is 10.8. The van der Waals surface area contributed by atoms with Crippen LogP contribution in [0.15, 0.2) is 91.0 Å². The van der Waals surface area contributed by atoms with Crippen molar-refractivity contribution in [3.63, 3.8) is 0 Å². The summed E-state index contributed by atoms with van der Waals surface area (Å²) >= 11 is 0. The van der Waals surface area contributed by atoms with Crippen molar-refractivity contribution < 1.29 is 9.90 Å². The first-order valence-corrected chi connectivity index (χ1v) is 13.7. The topological polar surface area (TPSA) is 54.3 Å². The second-order valence-corrected chi connectivity index (χ2v) is 9.78. The Labute approximate surface area is 231 Å². The molecule has 0 amide bonds. The molecule has 39 heavy (non-hydrogen) atoms. The maximum atomic E-state index is 11.6. The number of carboxylic acids is 1. The lowest BCUT2D eigenvalue weighted by atomic mass is 9.99. The highest BCUT2D eigenvalue weighted by molar-refractivity contribution is 5.96. The number of hydrogen-bond donors (Lipinski definition) is 2. The summed E-state index contributed by atoms with van der Waals surface area (Å²) in [6.45, 7) is 12.9. The number of carboxylic acid groups (broad SMARTS) is 1. The second-order valence-electron chi connectivity index (χ2n) is 9.78. The van der Waals surface area contributed by atoms with Crippen LogP contribution in [0.3, 0.4) is 0 Å². The first-order chi connectivity index (χ1) is 18.9. The van der Waals surface area contributed by atoms with Crippen LogP contribution in [0.2, 0.25) is 0 Å². The van der Waals surface area contributed by atoms with Crippen LogP contribution in [-0.4, -0.2) is 15.6 Å². The predicted molar refractivity (Wildman–Crippen MR) is 162 cm³/mol.